The largest absolute Gasteiger partial charge is 0.481 e. The van der Waals surface area contributed by atoms with Crippen molar-refractivity contribution in [3.05, 3.63) is 0 Å². The second-order valence-electron chi connectivity index (χ2n) is 5.77. The summed E-state index contributed by atoms with van der Waals surface area (Å²) in [5, 5.41) is 8.61. The molecule has 0 aromatic rings. The maximum Gasteiger partial charge on any atom is 0.304 e. The zero-order valence-corrected chi connectivity index (χ0v) is 11.0. The molecule has 2 atom stereocenters. The van der Waals surface area contributed by atoms with Gasteiger partial charge in [-0.3, -0.25) is 4.79 Å². The summed E-state index contributed by atoms with van der Waals surface area (Å²) in [6.07, 6.45) is 10.3. The molecule has 0 heterocycles. The molecule has 1 aliphatic rings. The number of nitrogens with two attached hydrogens (primary N) is 1. The standard InChI is InChI=1S/C14H27NO2/c1-11(4-2-5-12-6-3-7-12)8-9-13(15)10-14(16)17/h11-13H,2-10,15H2,1H3,(H,16,17). The minimum atomic E-state index is -0.782. The third-order valence-electron chi connectivity index (χ3n) is 4.00. The first-order valence-electron chi connectivity index (χ1n) is 7.05. The lowest BCUT2D eigenvalue weighted by atomic mass is 9.81. The summed E-state index contributed by atoms with van der Waals surface area (Å²) in [6, 6.07) is -0.165. The summed E-state index contributed by atoms with van der Waals surface area (Å²) in [6.45, 7) is 2.26. The fourth-order valence-electron chi connectivity index (χ4n) is 2.51. The maximum atomic E-state index is 10.5. The van der Waals surface area contributed by atoms with Gasteiger partial charge in [-0.1, -0.05) is 45.4 Å². The van der Waals surface area contributed by atoms with Crippen LogP contribution in [0.4, 0.5) is 0 Å². The highest BCUT2D eigenvalue weighted by Crippen LogP contribution is 2.31. The van der Waals surface area contributed by atoms with Crippen LogP contribution in [0.5, 0.6) is 0 Å². The highest BCUT2D eigenvalue weighted by molar-refractivity contribution is 5.67. The molecule has 1 rings (SSSR count). The second kappa shape index (κ2) is 7.70. The quantitative estimate of drug-likeness (QED) is 0.651. The lowest BCUT2D eigenvalue weighted by molar-refractivity contribution is -0.137. The van der Waals surface area contributed by atoms with Crippen LogP contribution in [-0.2, 0) is 4.79 Å². The van der Waals surface area contributed by atoms with E-state index in [-0.39, 0.29) is 12.5 Å². The van der Waals surface area contributed by atoms with E-state index < -0.39 is 5.97 Å². The lowest BCUT2D eigenvalue weighted by Gasteiger charge is -2.25. The summed E-state index contributed by atoms with van der Waals surface area (Å²) in [7, 11) is 0. The molecule has 0 bridgehead atoms. The fraction of sp³-hybridized carbons (Fsp3) is 0.929. The zero-order chi connectivity index (χ0) is 12.7. The van der Waals surface area contributed by atoms with Crippen LogP contribution in [0.1, 0.15) is 64.7 Å². The van der Waals surface area contributed by atoms with Crippen molar-refractivity contribution >= 4 is 5.97 Å². The van der Waals surface area contributed by atoms with Crippen LogP contribution in [-0.4, -0.2) is 17.1 Å². The molecule has 0 amide bonds. The highest BCUT2D eigenvalue weighted by Gasteiger charge is 2.17. The molecule has 0 radical (unpaired) electrons. The van der Waals surface area contributed by atoms with Crippen molar-refractivity contribution in [3.8, 4) is 0 Å². The van der Waals surface area contributed by atoms with Gasteiger partial charge in [0.25, 0.3) is 0 Å². The Hall–Kier alpha value is -0.570. The van der Waals surface area contributed by atoms with Crippen molar-refractivity contribution in [1.29, 1.82) is 0 Å². The Morgan fingerprint density at radius 1 is 1.35 bits per heavy atom. The van der Waals surface area contributed by atoms with Gasteiger partial charge in [-0.25, -0.2) is 0 Å². The maximum absolute atomic E-state index is 10.5. The fourth-order valence-corrected chi connectivity index (χ4v) is 2.51. The molecule has 0 aliphatic heterocycles. The molecule has 1 aliphatic carbocycles. The normalized spacial score (nSPS) is 19.6. The predicted molar refractivity (Wildman–Crippen MR) is 69.8 cm³/mol. The number of hydrogen-bond donors (Lipinski definition) is 2. The lowest BCUT2D eigenvalue weighted by Crippen LogP contribution is -2.24. The number of aliphatic carboxylic acids is 1. The van der Waals surface area contributed by atoms with Crippen molar-refractivity contribution in [2.24, 2.45) is 17.6 Å². The molecule has 0 aromatic heterocycles. The molecule has 1 fully saturated rings. The van der Waals surface area contributed by atoms with Gasteiger partial charge in [0.2, 0.25) is 0 Å². The van der Waals surface area contributed by atoms with E-state index in [0.717, 1.165) is 18.8 Å². The summed E-state index contributed by atoms with van der Waals surface area (Å²) in [5.41, 5.74) is 5.75. The topological polar surface area (TPSA) is 63.3 Å². The van der Waals surface area contributed by atoms with Crippen molar-refractivity contribution in [3.63, 3.8) is 0 Å². The zero-order valence-electron chi connectivity index (χ0n) is 11.0. The Bertz CT molecular complexity index is 226. The summed E-state index contributed by atoms with van der Waals surface area (Å²) in [5.74, 6) is 0.918. The SMILES string of the molecule is CC(CCCC1CCC1)CCC(N)CC(=O)O. The van der Waals surface area contributed by atoms with Gasteiger partial charge in [-0.2, -0.15) is 0 Å². The summed E-state index contributed by atoms with van der Waals surface area (Å²) in [4.78, 5) is 10.5. The van der Waals surface area contributed by atoms with E-state index in [2.05, 4.69) is 6.92 Å². The average Bonchev–Trinajstić information content (AvgIpc) is 2.18. The van der Waals surface area contributed by atoms with E-state index in [4.69, 9.17) is 10.8 Å². The van der Waals surface area contributed by atoms with Gasteiger partial charge < -0.3 is 10.8 Å². The van der Waals surface area contributed by atoms with Gasteiger partial charge in [-0.05, 0) is 24.7 Å². The van der Waals surface area contributed by atoms with E-state index in [0.29, 0.717) is 5.92 Å². The Kier molecular flexibility index (Phi) is 6.56. The van der Waals surface area contributed by atoms with Gasteiger partial charge in [0.1, 0.15) is 0 Å². The van der Waals surface area contributed by atoms with Crippen molar-refractivity contribution in [2.75, 3.05) is 0 Å². The summed E-state index contributed by atoms with van der Waals surface area (Å²) < 4.78 is 0. The molecule has 1 saturated carbocycles. The van der Waals surface area contributed by atoms with Gasteiger partial charge in [-0.15, -0.1) is 0 Å². The monoisotopic (exact) mass is 241 g/mol. The minimum absolute atomic E-state index is 0.106. The molecule has 17 heavy (non-hydrogen) atoms. The second-order valence-corrected chi connectivity index (χ2v) is 5.77. The highest BCUT2D eigenvalue weighted by atomic mass is 16.4. The van der Waals surface area contributed by atoms with E-state index >= 15 is 0 Å². The van der Waals surface area contributed by atoms with Crippen molar-refractivity contribution in [1.82, 2.24) is 0 Å². The number of rotatable bonds is 9. The molecule has 3 N–H and O–H groups in total. The molecule has 2 unspecified atom stereocenters. The molecule has 0 aromatic carbocycles. The Morgan fingerprint density at radius 2 is 2.06 bits per heavy atom. The van der Waals surface area contributed by atoms with E-state index in [1.807, 2.05) is 0 Å². The average molecular weight is 241 g/mol. The van der Waals surface area contributed by atoms with Gasteiger partial charge in [0, 0.05) is 6.04 Å². The predicted octanol–water partition coefficient (Wildman–Crippen LogP) is 3.18. The molecule has 100 valence electrons. The van der Waals surface area contributed by atoms with Crippen molar-refractivity contribution in [2.45, 2.75) is 70.8 Å². The van der Waals surface area contributed by atoms with Crippen LogP contribution < -0.4 is 5.73 Å². The smallest absolute Gasteiger partial charge is 0.304 e. The molecular formula is C14H27NO2. The number of carboxylic acids is 1. The van der Waals surface area contributed by atoms with Crippen LogP contribution in [0, 0.1) is 11.8 Å². The number of hydrogen-bond acceptors (Lipinski definition) is 2. The first-order chi connectivity index (χ1) is 8.08. The van der Waals surface area contributed by atoms with Crippen LogP contribution in [0.15, 0.2) is 0 Å². The third-order valence-corrected chi connectivity index (χ3v) is 4.00. The third kappa shape index (κ3) is 6.67. The molecular weight excluding hydrogens is 214 g/mol. The molecule has 0 spiro atoms. The Labute approximate surface area is 105 Å². The van der Waals surface area contributed by atoms with Crippen LogP contribution in [0.25, 0.3) is 0 Å². The number of carboxylic acid groups (broad SMARTS) is 1. The van der Waals surface area contributed by atoms with Crippen molar-refractivity contribution < 1.29 is 9.90 Å². The Morgan fingerprint density at radius 3 is 2.59 bits per heavy atom. The van der Waals surface area contributed by atoms with E-state index in [1.54, 1.807) is 0 Å². The van der Waals surface area contributed by atoms with Gasteiger partial charge in [0.15, 0.2) is 0 Å². The molecule has 3 nitrogen and oxygen atoms in total. The van der Waals surface area contributed by atoms with Crippen LogP contribution >= 0.6 is 0 Å². The summed E-state index contributed by atoms with van der Waals surface area (Å²) >= 11 is 0. The number of carbonyl (C=O) groups is 1. The minimum Gasteiger partial charge on any atom is -0.481 e. The van der Waals surface area contributed by atoms with Crippen LogP contribution in [0.2, 0.25) is 0 Å². The van der Waals surface area contributed by atoms with Gasteiger partial charge >= 0.3 is 5.97 Å². The van der Waals surface area contributed by atoms with E-state index in [1.165, 1.54) is 38.5 Å². The van der Waals surface area contributed by atoms with Crippen LogP contribution in [0.3, 0.4) is 0 Å². The molecule has 0 saturated heterocycles. The van der Waals surface area contributed by atoms with E-state index in [9.17, 15) is 4.79 Å². The first-order valence-corrected chi connectivity index (χ1v) is 7.05. The Balaban J connectivity index is 1.95. The first kappa shape index (κ1) is 14.5. The van der Waals surface area contributed by atoms with Gasteiger partial charge in [0.05, 0.1) is 6.42 Å². The molecule has 3 heteroatoms.